The fourth-order valence-corrected chi connectivity index (χ4v) is 5.21. The zero-order valence-corrected chi connectivity index (χ0v) is 16.7. The summed E-state index contributed by atoms with van der Waals surface area (Å²) in [5, 5.41) is 0. The van der Waals surface area contributed by atoms with Crippen molar-refractivity contribution in [2.75, 3.05) is 6.61 Å². The Bertz CT molecular complexity index is 611. The zero-order chi connectivity index (χ0) is 19.2. The van der Waals surface area contributed by atoms with Gasteiger partial charge in [-0.1, -0.05) is 31.6 Å². The Labute approximate surface area is 163 Å². The van der Waals surface area contributed by atoms with Gasteiger partial charge in [-0.25, -0.2) is 8.78 Å². The molecule has 0 bridgehead atoms. The lowest BCUT2D eigenvalue weighted by atomic mass is 9.69. The molecule has 0 saturated heterocycles. The smallest absolute Gasteiger partial charge is 0.162 e. The topological polar surface area (TPSA) is 9.23 Å². The summed E-state index contributed by atoms with van der Waals surface area (Å²) >= 11 is 0. The molecule has 0 N–H and O–H groups in total. The number of hydrogen-bond acceptors (Lipinski definition) is 1. The third kappa shape index (κ3) is 4.99. The lowest BCUT2D eigenvalue weighted by Crippen LogP contribution is -2.28. The summed E-state index contributed by atoms with van der Waals surface area (Å²) in [6, 6.07) is 3.64. The van der Waals surface area contributed by atoms with Crippen molar-refractivity contribution >= 4 is 0 Å². The number of halogens is 2. The maximum atomic E-state index is 14.6. The number of rotatable bonds is 7. The molecular formula is C24H34F2O. The van der Waals surface area contributed by atoms with E-state index < -0.39 is 11.6 Å². The Balaban J connectivity index is 1.52. The van der Waals surface area contributed by atoms with Crippen LogP contribution in [0.2, 0.25) is 0 Å². The third-order valence-electron chi connectivity index (χ3n) is 6.76. The quantitative estimate of drug-likeness (QED) is 0.468. The molecule has 150 valence electrons. The molecule has 0 atom stereocenters. The number of hydrogen-bond donors (Lipinski definition) is 0. The summed E-state index contributed by atoms with van der Waals surface area (Å²) < 4.78 is 34.7. The number of ether oxygens (including phenoxy) is 1. The molecule has 2 saturated carbocycles. The SMILES string of the molecule is C=CCOC1CCC(C2CCC(c3ccc(CCC)c(F)c3F)CC2)CC1. The summed E-state index contributed by atoms with van der Waals surface area (Å²) in [6.07, 6.45) is 12.7. The molecule has 0 amide bonds. The highest BCUT2D eigenvalue weighted by Crippen LogP contribution is 2.44. The van der Waals surface area contributed by atoms with Gasteiger partial charge in [0, 0.05) is 0 Å². The van der Waals surface area contributed by atoms with Crippen LogP contribution in [0.1, 0.15) is 81.8 Å². The second-order valence-electron chi connectivity index (χ2n) is 8.46. The molecule has 2 aliphatic carbocycles. The second-order valence-corrected chi connectivity index (χ2v) is 8.46. The van der Waals surface area contributed by atoms with E-state index in [9.17, 15) is 8.78 Å². The molecule has 0 aliphatic heterocycles. The largest absolute Gasteiger partial charge is 0.374 e. The molecule has 3 rings (SSSR count). The summed E-state index contributed by atoms with van der Waals surface area (Å²) in [6.45, 7) is 6.36. The van der Waals surface area contributed by atoms with Crippen molar-refractivity contribution in [3.63, 3.8) is 0 Å². The first-order chi connectivity index (χ1) is 13.1. The van der Waals surface area contributed by atoms with Gasteiger partial charge in [0.1, 0.15) is 0 Å². The number of aryl methyl sites for hydroxylation is 1. The molecule has 1 nitrogen and oxygen atoms in total. The van der Waals surface area contributed by atoms with E-state index in [1.807, 2.05) is 19.1 Å². The first-order valence-corrected chi connectivity index (χ1v) is 10.8. The molecule has 3 heteroatoms. The van der Waals surface area contributed by atoms with Gasteiger partial charge in [0.15, 0.2) is 11.6 Å². The predicted octanol–water partition coefficient (Wildman–Crippen LogP) is 6.95. The molecule has 1 aromatic rings. The lowest BCUT2D eigenvalue weighted by Gasteiger charge is -2.38. The molecule has 0 heterocycles. The lowest BCUT2D eigenvalue weighted by molar-refractivity contribution is 0.0223. The van der Waals surface area contributed by atoms with Crippen molar-refractivity contribution in [1.29, 1.82) is 0 Å². The van der Waals surface area contributed by atoms with Crippen LogP contribution in [-0.4, -0.2) is 12.7 Å². The van der Waals surface area contributed by atoms with Crippen LogP contribution in [-0.2, 0) is 11.2 Å². The van der Waals surface area contributed by atoms with Gasteiger partial charge in [-0.15, -0.1) is 6.58 Å². The van der Waals surface area contributed by atoms with E-state index in [0.29, 0.717) is 30.3 Å². The molecule has 1 aromatic carbocycles. The molecule has 2 aliphatic rings. The predicted molar refractivity (Wildman–Crippen MR) is 107 cm³/mol. The van der Waals surface area contributed by atoms with E-state index in [0.717, 1.165) is 56.8 Å². The minimum Gasteiger partial charge on any atom is -0.374 e. The van der Waals surface area contributed by atoms with E-state index in [1.54, 1.807) is 6.07 Å². The molecule has 0 unspecified atom stereocenters. The van der Waals surface area contributed by atoms with Crippen LogP contribution in [0.15, 0.2) is 24.8 Å². The van der Waals surface area contributed by atoms with E-state index in [2.05, 4.69) is 6.58 Å². The van der Waals surface area contributed by atoms with Gasteiger partial charge in [-0.2, -0.15) is 0 Å². The summed E-state index contributed by atoms with van der Waals surface area (Å²) in [5.74, 6) is 0.495. The Hall–Kier alpha value is -1.22. The van der Waals surface area contributed by atoms with Gasteiger partial charge in [-0.3, -0.25) is 0 Å². The first-order valence-electron chi connectivity index (χ1n) is 10.8. The summed E-state index contributed by atoms with van der Waals surface area (Å²) in [7, 11) is 0. The zero-order valence-electron chi connectivity index (χ0n) is 16.7. The highest BCUT2D eigenvalue weighted by molar-refractivity contribution is 5.29. The van der Waals surface area contributed by atoms with Crippen LogP contribution in [0.3, 0.4) is 0 Å². The Morgan fingerprint density at radius 2 is 1.59 bits per heavy atom. The van der Waals surface area contributed by atoms with E-state index >= 15 is 0 Å². The van der Waals surface area contributed by atoms with Gasteiger partial charge in [0.2, 0.25) is 0 Å². The van der Waals surface area contributed by atoms with Crippen LogP contribution >= 0.6 is 0 Å². The number of benzene rings is 1. The van der Waals surface area contributed by atoms with Crippen LogP contribution in [0.5, 0.6) is 0 Å². The van der Waals surface area contributed by atoms with Crippen molar-refractivity contribution in [3.05, 3.63) is 47.5 Å². The Kier molecular flexibility index (Phi) is 7.46. The monoisotopic (exact) mass is 376 g/mol. The molecule has 0 radical (unpaired) electrons. The fraction of sp³-hybridized carbons (Fsp3) is 0.667. The summed E-state index contributed by atoms with van der Waals surface area (Å²) in [4.78, 5) is 0. The second kappa shape index (κ2) is 9.82. The standard InChI is InChI=1S/C24H34F2O/c1-3-5-20-12-15-22(24(26)23(20)25)19-8-6-17(7-9-19)18-10-13-21(14-11-18)27-16-4-2/h4,12,15,17-19,21H,2-3,5-11,13-14,16H2,1H3. The molecular weight excluding hydrogens is 342 g/mol. The maximum Gasteiger partial charge on any atom is 0.162 e. The Morgan fingerprint density at radius 1 is 0.963 bits per heavy atom. The highest BCUT2D eigenvalue weighted by atomic mass is 19.2. The highest BCUT2D eigenvalue weighted by Gasteiger charge is 2.32. The van der Waals surface area contributed by atoms with E-state index in [4.69, 9.17) is 4.74 Å². The normalized spacial score (nSPS) is 28.9. The average Bonchev–Trinajstić information content (AvgIpc) is 2.71. The van der Waals surface area contributed by atoms with Gasteiger partial charge in [0.25, 0.3) is 0 Å². The molecule has 0 spiro atoms. The van der Waals surface area contributed by atoms with Crippen molar-refractivity contribution in [2.45, 2.75) is 83.2 Å². The van der Waals surface area contributed by atoms with Crippen LogP contribution in [0.25, 0.3) is 0 Å². The van der Waals surface area contributed by atoms with Crippen LogP contribution in [0, 0.1) is 23.5 Å². The van der Waals surface area contributed by atoms with Crippen molar-refractivity contribution in [3.8, 4) is 0 Å². The van der Waals surface area contributed by atoms with Crippen molar-refractivity contribution < 1.29 is 13.5 Å². The van der Waals surface area contributed by atoms with Gasteiger partial charge < -0.3 is 4.74 Å². The molecule has 2 fully saturated rings. The maximum absolute atomic E-state index is 14.6. The van der Waals surface area contributed by atoms with Gasteiger partial charge >= 0.3 is 0 Å². The van der Waals surface area contributed by atoms with Crippen molar-refractivity contribution in [1.82, 2.24) is 0 Å². The van der Waals surface area contributed by atoms with Crippen molar-refractivity contribution in [2.24, 2.45) is 11.8 Å². The van der Waals surface area contributed by atoms with E-state index in [-0.39, 0.29) is 5.92 Å². The van der Waals surface area contributed by atoms with Gasteiger partial charge in [-0.05, 0) is 86.7 Å². The fourth-order valence-electron chi connectivity index (χ4n) is 5.21. The average molecular weight is 377 g/mol. The van der Waals surface area contributed by atoms with Crippen LogP contribution in [0.4, 0.5) is 8.78 Å². The minimum absolute atomic E-state index is 0.179. The molecule has 0 aromatic heterocycles. The first kappa shape index (κ1) is 20.5. The van der Waals surface area contributed by atoms with E-state index in [1.165, 1.54) is 12.8 Å². The Morgan fingerprint density at radius 3 is 2.19 bits per heavy atom. The summed E-state index contributed by atoms with van der Waals surface area (Å²) in [5.41, 5.74) is 1.12. The van der Waals surface area contributed by atoms with Crippen LogP contribution < -0.4 is 0 Å². The minimum atomic E-state index is -0.616. The molecule has 27 heavy (non-hydrogen) atoms. The third-order valence-corrected chi connectivity index (χ3v) is 6.76. The van der Waals surface area contributed by atoms with Gasteiger partial charge in [0.05, 0.1) is 12.7 Å².